The summed E-state index contributed by atoms with van der Waals surface area (Å²) < 4.78 is 1.04. The molecule has 0 amide bonds. The fraction of sp³-hybridized carbons (Fsp3) is 0.250. The molecule has 0 N–H and O–H groups in total. The molecule has 1 heterocycles. The second-order valence-electron chi connectivity index (χ2n) is 5.84. The Morgan fingerprint density at radius 1 is 1.00 bits per heavy atom. The predicted octanol–water partition coefficient (Wildman–Crippen LogP) is 5.66. The van der Waals surface area contributed by atoms with E-state index in [1.165, 1.54) is 12.8 Å². The van der Waals surface area contributed by atoms with Crippen molar-refractivity contribution in [3.63, 3.8) is 0 Å². The second-order valence-corrected chi connectivity index (χ2v) is 6.63. The van der Waals surface area contributed by atoms with E-state index in [2.05, 4.69) is 45.2 Å². The Hall–Kier alpha value is -2.25. The van der Waals surface area contributed by atoms with Crippen molar-refractivity contribution >= 4 is 26.8 Å². The number of aromatic nitrogens is 2. The van der Waals surface area contributed by atoms with E-state index in [0.29, 0.717) is 5.56 Å². The lowest BCUT2D eigenvalue weighted by atomic mass is 10.0. The first-order valence-electron chi connectivity index (χ1n) is 8.18. The molecule has 0 fully saturated rings. The molecule has 0 aliphatic rings. The van der Waals surface area contributed by atoms with Gasteiger partial charge >= 0.3 is 0 Å². The van der Waals surface area contributed by atoms with Gasteiger partial charge in [0, 0.05) is 5.39 Å². The van der Waals surface area contributed by atoms with E-state index in [0.717, 1.165) is 45.0 Å². The van der Waals surface area contributed by atoms with Gasteiger partial charge in [-0.2, -0.15) is 15.5 Å². The van der Waals surface area contributed by atoms with Gasteiger partial charge in [-0.25, -0.2) is 0 Å². The van der Waals surface area contributed by atoms with Crippen molar-refractivity contribution in [1.82, 2.24) is 10.2 Å². The number of fused-ring (bicyclic) bond motifs is 1. The van der Waals surface area contributed by atoms with Crippen molar-refractivity contribution < 1.29 is 0 Å². The lowest BCUT2D eigenvalue weighted by Gasteiger charge is -2.08. The number of unbranched alkanes of at least 4 members (excludes halogenated alkanes) is 2. The van der Waals surface area contributed by atoms with Crippen LogP contribution in [0.4, 0.5) is 0 Å². The standard InChI is InChI=1S/C20H18BrN3/c1-2-3-4-5-19-20(21)17-12-16(10-11-18(17)23-24-19)15-8-6-14(13-22)7-9-15/h6-12H,2-5H2,1H3. The van der Waals surface area contributed by atoms with E-state index in [1.54, 1.807) is 0 Å². The molecule has 0 unspecified atom stereocenters. The van der Waals surface area contributed by atoms with Gasteiger partial charge in [-0.05, 0) is 64.2 Å². The lowest BCUT2D eigenvalue weighted by molar-refractivity contribution is 0.699. The summed E-state index contributed by atoms with van der Waals surface area (Å²) in [5, 5.41) is 18.7. The van der Waals surface area contributed by atoms with Gasteiger partial charge in [0.05, 0.1) is 27.3 Å². The van der Waals surface area contributed by atoms with E-state index >= 15 is 0 Å². The minimum Gasteiger partial charge on any atom is -0.192 e. The van der Waals surface area contributed by atoms with E-state index in [9.17, 15) is 0 Å². The predicted molar refractivity (Wildman–Crippen MR) is 101 cm³/mol. The van der Waals surface area contributed by atoms with Gasteiger partial charge in [-0.1, -0.05) is 38.0 Å². The molecule has 2 aromatic carbocycles. The molecule has 120 valence electrons. The molecular weight excluding hydrogens is 362 g/mol. The molecule has 3 nitrogen and oxygen atoms in total. The second kappa shape index (κ2) is 7.55. The molecule has 0 atom stereocenters. The third kappa shape index (κ3) is 3.47. The number of nitriles is 1. The summed E-state index contributed by atoms with van der Waals surface area (Å²) in [6.07, 6.45) is 4.47. The number of hydrogen-bond acceptors (Lipinski definition) is 3. The van der Waals surface area contributed by atoms with Crippen molar-refractivity contribution in [2.45, 2.75) is 32.6 Å². The number of halogens is 1. The van der Waals surface area contributed by atoms with Gasteiger partial charge in [0.1, 0.15) is 0 Å². The quantitative estimate of drug-likeness (QED) is 0.537. The van der Waals surface area contributed by atoms with Crippen LogP contribution in [0.3, 0.4) is 0 Å². The van der Waals surface area contributed by atoms with Crippen LogP contribution in [0.25, 0.3) is 22.0 Å². The average Bonchev–Trinajstić information content (AvgIpc) is 2.64. The molecule has 0 spiro atoms. The van der Waals surface area contributed by atoms with Crippen LogP contribution in [0.5, 0.6) is 0 Å². The Kier molecular flexibility index (Phi) is 5.22. The van der Waals surface area contributed by atoms with E-state index in [-0.39, 0.29) is 0 Å². The fourth-order valence-electron chi connectivity index (χ4n) is 2.73. The van der Waals surface area contributed by atoms with Gasteiger partial charge in [0.2, 0.25) is 0 Å². The van der Waals surface area contributed by atoms with Crippen molar-refractivity contribution in [2.24, 2.45) is 0 Å². The van der Waals surface area contributed by atoms with E-state index in [1.807, 2.05) is 36.4 Å². The monoisotopic (exact) mass is 379 g/mol. The molecule has 0 aliphatic carbocycles. The number of benzene rings is 2. The normalized spacial score (nSPS) is 10.7. The lowest BCUT2D eigenvalue weighted by Crippen LogP contribution is -1.97. The maximum atomic E-state index is 8.92. The molecule has 3 aromatic rings. The Bertz CT molecular complexity index is 895. The highest BCUT2D eigenvalue weighted by molar-refractivity contribution is 9.10. The molecule has 4 heteroatoms. The summed E-state index contributed by atoms with van der Waals surface area (Å²) in [5.41, 5.74) is 4.78. The smallest absolute Gasteiger partial charge is 0.0991 e. The highest BCUT2D eigenvalue weighted by Gasteiger charge is 2.09. The third-order valence-corrected chi connectivity index (χ3v) is 5.01. The summed E-state index contributed by atoms with van der Waals surface area (Å²) in [4.78, 5) is 0. The van der Waals surface area contributed by atoms with Crippen LogP contribution in [0.2, 0.25) is 0 Å². The summed E-state index contributed by atoms with van der Waals surface area (Å²) in [5.74, 6) is 0. The van der Waals surface area contributed by atoms with Crippen LogP contribution in [-0.4, -0.2) is 10.2 Å². The van der Waals surface area contributed by atoms with Crippen LogP contribution in [0, 0.1) is 11.3 Å². The van der Waals surface area contributed by atoms with Crippen LogP contribution in [-0.2, 0) is 6.42 Å². The van der Waals surface area contributed by atoms with Crippen LogP contribution in [0.15, 0.2) is 46.9 Å². The Morgan fingerprint density at radius 2 is 1.75 bits per heavy atom. The molecule has 0 bridgehead atoms. The number of hydrogen-bond donors (Lipinski definition) is 0. The molecule has 0 aliphatic heterocycles. The van der Waals surface area contributed by atoms with Crippen LogP contribution in [0.1, 0.15) is 37.4 Å². The Morgan fingerprint density at radius 3 is 2.46 bits per heavy atom. The molecule has 3 rings (SSSR count). The van der Waals surface area contributed by atoms with Crippen molar-refractivity contribution in [3.05, 3.63) is 58.2 Å². The first-order valence-corrected chi connectivity index (χ1v) is 8.97. The molecule has 1 aromatic heterocycles. The SMILES string of the molecule is CCCCCc1nnc2ccc(-c3ccc(C#N)cc3)cc2c1Br. The zero-order valence-electron chi connectivity index (χ0n) is 13.6. The van der Waals surface area contributed by atoms with E-state index < -0.39 is 0 Å². The summed E-state index contributed by atoms with van der Waals surface area (Å²) in [7, 11) is 0. The van der Waals surface area contributed by atoms with Crippen molar-refractivity contribution in [1.29, 1.82) is 5.26 Å². The van der Waals surface area contributed by atoms with Gasteiger partial charge in [0.15, 0.2) is 0 Å². The van der Waals surface area contributed by atoms with Gasteiger partial charge in [-0.3, -0.25) is 0 Å². The molecule has 0 radical (unpaired) electrons. The minimum atomic E-state index is 0.671. The molecular formula is C20H18BrN3. The van der Waals surface area contributed by atoms with Gasteiger partial charge in [0.25, 0.3) is 0 Å². The Balaban J connectivity index is 1.99. The number of aryl methyl sites for hydroxylation is 1. The van der Waals surface area contributed by atoms with Crippen LogP contribution >= 0.6 is 15.9 Å². The maximum absolute atomic E-state index is 8.92. The van der Waals surface area contributed by atoms with Crippen molar-refractivity contribution in [2.75, 3.05) is 0 Å². The van der Waals surface area contributed by atoms with Gasteiger partial charge < -0.3 is 0 Å². The van der Waals surface area contributed by atoms with Crippen LogP contribution < -0.4 is 0 Å². The summed E-state index contributed by atoms with van der Waals surface area (Å²) in [6, 6.07) is 16.0. The summed E-state index contributed by atoms with van der Waals surface area (Å²) in [6.45, 7) is 2.20. The largest absolute Gasteiger partial charge is 0.192 e. The van der Waals surface area contributed by atoms with Crippen molar-refractivity contribution in [3.8, 4) is 17.2 Å². The number of rotatable bonds is 5. The molecule has 24 heavy (non-hydrogen) atoms. The Labute approximate surface area is 150 Å². The highest BCUT2D eigenvalue weighted by atomic mass is 79.9. The first kappa shape index (κ1) is 16.6. The number of nitrogens with zero attached hydrogens (tertiary/aromatic N) is 3. The third-order valence-electron chi connectivity index (χ3n) is 4.13. The fourth-order valence-corrected chi connectivity index (χ4v) is 3.33. The first-order chi connectivity index (χ1) is 11.7. The molecule has 0 saturated heterocycles. The topological polar surface area (TPSA) is 49.6 Å². The maximum Gasteiger partial charge on any atom is 0.0991 e. The zero-order valence-corrected chi connectivity index (χ0v) is 15.2. The minimum absolute atomic E-state index is 0.671. The van der Waals surface area contributed by atoms with Gasteiger partial charge in [-0.15, -0.1) is 0 Å². The molecule has 0 saturated carbocycles. The highest BCUT2D eigenvalue weighted by Crippen LogP contribution is 2.30. The summed E-state index contributed by atoms with van der Waals surface area (Å²) >= 11 is 3.72. The zero-order chi connectivity index (χ0) is 16.9. The van der Waals surface area contributed by atoms with E-state index in [4.69, 9.17) is 5.26 Å². The average molecular weight is 380 g/mol.